The van der Waals surface area contributed by atoms with Crippen LogP contribution in [-0.4, -0.2) is 44.3 Å². The minimum Gasteiger partial charge on any atom is -0.355 e. The summed E-state index contributed by atoms with van der Waals surface area (Å²) in [7, 11) is -4.21. The fraction of sp³-hybridized carbons (Fsp3) is 0.212. The molecular formula is C33H33Cl2N3O4S. The lowest BCUT2D eigenvalue weighted by atomic mass is 10.0. The number of aryl methyl sites for hydroxylation is 1. The molecule has 0 saturated carbocycles. The van der Waals surface area contributed by atoms with Gasteiger partial charge in [-0.2, -0.15) is 0 Å². The largest absolute Gasteiger partial charge is 0.355 e. The van der Waals surface area contributed by atoms with Gasteiger partial charge < -0.3 is 10.2 Å². The smallest absolute Gasteiger partial charge is 0.264 e. The summed E-state index contributed by atoms with van der Waals surface area (Å²) in [6.45, 7) is 3.42. The number of likely N-dealkylation sites (N-methyl/N-ethyl adjacent to an activating group) is 1. The van der Waals surface area contributed by atoms with Crippen LogP contribution in [0, 0.1) is 6.92 Å². The van der Waals surface area contributed by atoms with E-state index in [0.717, 1.165) is 15.4 Å². The zero-order chi connectivity index (χ0) is 31.0. The summed E-state index contributed by atoms with van der Waals surface area (Å²) in [6, 6.07) is 28.2. The van der Waals surface area contributed by atoms with E-state index < -0.39 is 28.5 Å². The number of sulfonamides is 1. The molecule has 224 valence electrons. The average Bonchev–Trinajstić information content (AvgIpc) is 2.99. The van der Waals surface area contributed by atoms with Crippen molar-refractivity contribution in [2.45, 2.75) is 37.8 Å². The number of hydrogen-bond acceptors (Lipinski definition) is 4. The Morgan fingerprint density at radius 3 is 2.19 bits per heavy atom. The van der Waals surface area contributed by atoms with E-state index in [1.54, 1.807) is 61.5 Å². The number of rotatable bonds is 12. The van der Waals surface area contributed by atoms with Crippen LogP contribution in [0.4, 0.5) is 5.69 Å². The van der Waals surface area contributed by atoms with E-state index in [2.05, 4.69) is 5.32 Å². The Bertz CT molecular complexity index is 1670. The number of amides is 2. The van der Waals surface area contributed by atoms with Crippen LogP contribution in [0.5, 0.6) is 0 Å². The Morgan fingerprint density at radius 2 is 1.53 bits per heavy atom. The van der Waals surface area contributed by atoms with Gasteiger partial charge in [0.1, 0.15) is 12.6 Å². The van der Waals surface area contributed by atoms with Crippen LogP contribution in [0.2, 0.25) is 10.0 Å². The third kappa shape index (κ3) is 8.16. The van der Waals surface area contributed by atoms with E-state index in [0.29, 0.717) is 22.2 Å². The first-order valence-corrected chi connectivity index (χ1v) is 16.0. The molecule has 0 heterocycles. The van der Waals surface area contributed by atoms with Crippen molar-refractivity contribution in [3.05, 3.63) is 130 Å². The second kappa shape index (κ2) is 14.6. The zero-order valence-corrected chi connectivity index (χ0v) is 26.2. The van der Waals surface area contributed by atoms with E-state index in [1.807, 2.05) is 37.3 Å². The maximum absolute atomic E-state index is 14.4. The van der Waals surface area contributed by atoms with Crippen molar-refractivity contribution in [1.82, 2.24) is 10.2 Å². The van der Waals surface area contributed by atoms with Crippen molar-refractivity contribution in [2.24, 2.45) is 0 Å². The lowest BCUT2D eigenvalue weighted by Gasteiger charge is -2.34. The normalized spacial score (nSPS) is 11.9. The number of halogens is 2. The third-order valence-corrected chi connectivity index (χ3v) is 9.30. The van der Waals surface area contributed by atoms with Crippen molar-refractivity contribution < 1.29 is 18.0 Å². The molecule has 4 aromatic carbocycles. The van der Waals surface area contributed by atoms with Crippen molar-refractivity contribution in [3.8, 4) is 0 Å². The predicted molar refractivity (Wildman–Crippen MR) is 172 cm³/mol. The highest BCUT2D eigenvalue weighted by atomic mass is 35.5. The van der Waals surface area contributed by atoms with Gasteiger partial charge in [-0.3, -0.25) is 13.9 Å². The van der Waals surface area contributed by atoms with Gasteiger partial charge in [0.25, 0.3) is 10.0 Å². The molecule has 0 spiro atoms. The van der Waals surface area contributed by atoms with Crippen LogP contribution >= 0.6 is 23.2 Å². The molecule has 0 aliphatic rings. The molecule has 0 unspecified atom stereocenters. The van der Waals surface area contributed by atoms with Gasteiger partial charge in [0.2, 0.25) is 11.8 Å². The molecule has 0 fully saturated rings. The Balaban J connectivity index is 1.80. The molecule has 43 heavy (non-hydrogen) atoms. The number of carbonyl (C=O) groups excluding carboxylic acids is 2. The Kier molecular flexibility index (Phi) is 10.9. The van der Waals surface area contributed by atoms with Crippen LogP contribution in [0.25, 0.3) is 0 Å². The van der Waals surface area contributed by atoms with Gasteiger partial charge in [-0.05, 0) is 61.4 Å². The summed E-state index contributed by atoms with van der Waals surface area (Å²) in [6.07, 6.45) is 0.213. The molecule has 0 aromatic heterocycles. The van der Waals surface area contributed by atoms with Gasteiger partial charge in [0.05, 0.1) is 10.6 Å². The summed E-state index contributed by atoms with van der Waals surface area (Å²) in [4.78, 5) is 29.3. The number of nitrogens with zero attached hydrogens (tertiary/aromatic N) is 2. The van der Waals surface area contributed by atoms with Gasteiger partial charge in [0, 0.05) is 29.6 Å². The molecule has 0 aliphatic heterocycles. The zero-order valence-electron chi connectivity index (χ0n) is 23.9. The molecule has 2 amide bonds. The first-order chi connectivity index (χ1) is 20.6. The minimum atomic E-state index is -4.21. The molecule has 0 radical (unpaired) electrons. The highest BCUT2D eigenvalue weighted by molar-refractivity contribution is 7.92. The molecule has 7 nitrogen and oxygen atoms in total. The second-order valence-electron chi connectivity index (χ2n) is 10.0. The van der Waals surface area contributed by atoms with Crippen LogP contribution in [0.1, 0.15) is 23.6 Å². The molecule has 0 aliphatic carbocycles. The fourth-order valence-electron chi connectivity index (χ4n) is 4.65. The number of nitrogens with one attached hydrogen (secondary N) is 1. The summed E-state index contributed by atoms with van der Waals surface area (Å²) in [5.41, 5.74) is 2.57. The van der Waals surface area contributed by atoms with Crippen molar-refractivity contribution in [3.63, 3.8) is 0 Å². The van der Waals surface area contributed by atoms with Crippen LogP contribution < -0.4 is 9.62 Å². The lowest BCUT2D eigenvalue weighted by molar-refractivity contribution is -0.140. The standard InChI is InChI=1S/C33H33Cl2N3O4S/c1-3-36-33(40)31(20-25-10-5-4-6-11-25)37(22-26-12-7-8-15-30(26)35)32(39)23-38(28-14-9-13-27(34)21-28)43(41,42)29-18-16-24(2)17-19-29/h4-19,21,31H,3,20,22-23H2,1-2H3,(H,36,40)/t31-/m1/s1. The monoisotopic (exact) mass is 637 g/mol. The first kappa shape index (κ1) is 32.1. The van der Waals surface area contributed by atoms with Gasteiger partial charge in [-0.15, -0.1) is 0 Å². The van der Waals surface area contributed by atoms with Crippen LogP contribution in [0.15, 0.2) is 108 Å². The maximum Gasteiger partial charge on any atom is 0.264 e. The van der Waals surface area contributed by atoms with E-state index in [1.165, 1.54) is 23.1 Å². The Morgan fingerprint density at radius 1 is 0.860 bits per heavy atom. The molecule has 0 bridgehead atoms. The topological polar surface area (TPSA) is 86.8 Å². The molecule has 4 aromatic rings. The SMILES string of the molecule is CCNC(=O)[C@@H](Cc1ccccc1)N(Cc1ccccc1Cl)C(=O)CN(c1cccc(Cl)c1)S(=O)(=O)c1ccc(C)cc1. The van der Waals surface area contributed by atoms with E-state index in [4.69, 9.17) is 23.2 Å². The van der Waals surface area contributed by atoms with Gasteiger partial charge >= 0.3 is 0 Å². The highest BCUT2D eigenvalue weighted by Crippen LogP contribution is 2.28. The number of carbonyl (C=O) groups is 2. The van der Waals surface area contributed by atoms with Crippen molar-refractivity contribution >= 4 is 50.7 Å². The summed E-state index contributed by atoms with van der Waals surface area (Å²) >= 11 is 12.8. The molecule has 4 rings (SSSR count). The molecule has 1 atom stereocenters. The predicted octanol–water partition coefficient (Wildman–Crippen LogP) is 6.27. The van der Waals surface area contributed by atoms with Gasteiger partial charge in [-0.1, -0.05) is 95.5 Å². The highest BCUT2D eigenvalue weighted by Gasteiger charge is 2.34. The fourth-order valence-corrected chi connectivity index (χ4v) is 6.44. The van der Waals surface area contributed by atoms with E-state index in [9.17, 15) is 18.0 Å². The summed E-state index contributed by atoms with van der Waals surface area (Å²) < 4.78 is 29.1. The van der Waals surface area contributed by atoms with Crippen LogP contribution in [-0.2, 0) is 32.6 Å². The van der Waals surface area contributed by atoms with Crippen LogP contribution in [0.3, 0.4) is 0 Å². The van der Waals surface area contributed by atoms with E-state index >= 15 is 0 Å². The Hall–Kier alpha value is -3.85. The quantitative estimate of drug-likeness (QED) is 0.198. The number of benzene rings is 4. The average molecular weight is 639 g/mol. The maximum atomic E-state index is 14.4. The summed E-state index contributed by atoms with van der Waals surface area (Å²) in [5.74, 6) is -0.940. The van der Waals surface area contributed by atoms with Gasteiger partial charge in [-0.25, -0.2) is 8.42 Å². The third-order valence-electron chi connectivity index (χ3n) is 6.90. The first-order valence-electron chi connectivity index (χ1n) is 13.8. The summed E-state index contributed by atoms with van der Waals surface area (Å²) in [5, 5.41) is 3.58. The van der Waals surface area contributed by atoms with E-state index in [-0.39, 0.29) is 29.5 Å². The van der Waals surface area contributed by atoms with Crippen molar-refractivity contribution in [2.75, 3.05) is 17.4 Å². The lowest BCUT2D eigenvalue weighted by Crippen LogP contribution is -2.53. The minimum absolute atomic E-state index is 0.0128. The molecular weight excluding hydrogens is 605 g/mol. The molecule has 10 heteroatoms. The second-order valence-corrected chi connectivity index (χ2v) is 12.7. The van der Waals surface area contributed by atoms with Gasteiger partial charge in [0.15, 0.2) is 0 Å². The Labute approximate surface area is 263 Å². The molecule has 1 N–H and O–H groups in total. The number of hydrogen-bond donors (Lipinski definition) is 1. The number of anilines is 1. The molecule has 0 saturated heterocycles. The van der Waals surface area contributed by atoms with Crippen molar-refractivity contribution in [1.29, 1.82) is 0 Å².